The van der Waals surface area contributed by atoms with E-state index in [4.69, 9.17) is 0 Å². The minimum atomic E-state index is -0.808. The van der Waals surface area contributed by atoms with E-state index >= 15 is 0 Å². The zero-order chi connectivity index (χ0) is 14.1. The molecule has 4 nitrogen and oxygen atoms in total. The Labute approximate surface area is 118 Å². The van der Waals surface area contributed by atoms with Crippen molar-refractivity contribution in [1.29, 1.82) is 0 Å². The zero-order valence-corrected chi connectivity index (χ0v) is 11.3. The quantitative estimate of drug-likeness (QED) is 0.882. The van der Waals surface area contributed by atoms with Crippen molar-refractivity contribution in [3.63, 3.8) is 0 Å². The highest BCUT2D eigenvalue weighted by molar-refractivity contribution is 5.86. The highest BCUT2D eigenvalue weighted by atomic mass is 16.4. The second-order valence-corrected chi connectivity index (χ2v) is 5.93. The molecular formula is C16H19NO3. The molecule has 2 bridgehead atoms. The van der Waals surface area contributed by atoms with E-state index in [2.05, 4.69) is 5.32 Å². The number of benzene rings is 1. The Kier molecular flexibility index (Phi) is 3.47. The summed E-state index contributed by atoms with van der Waals surface area (Å²) in [6, 6.07) is 9.70. The summed E-state index contributed by atoms with van der Waals surface area (Å²) < 4.78 is 0. The molecule has 4 heteroatoms. The van der Waals surface area contributed by atoms with E-state index in [1.807, 2.05) is 30.3 Å². The van der Waals surface area contributed by atoms with Crippen molar-refractivity contribution < 1.29 is 14.7 Å². The third-order valence-corrected chi connectivity index (χ3v) is 4.81. The summed E-state index contributed by atoms with van der Waals surface area (Å²) in [5.74, 6) is -1.26. The third kappa shape index (κ3) is 2.30. The summed E-state index contributed by atoms with van der Waals surface area (Å²) in [6.07, 6.45) is 2.86. The summed E-state index contributed by atoms with van der Waals surface area (Å²) >= 11 is 0. The van der Waals surface area contributed by atoms with Crippen molar-refractivity contribution in [3.05, 3.63) is 35.9 Å². The normalized spacial score (nSPS) is 31.2. The molecule has 2 saturated carbocycles. The van der Waals surface area contributed by atoms with Gasteiger partial charge in [-0.1, -0.05) is 30.3 Å². The number of rotatable bonds is 4. The van der Waals surface area contributed by atoms with Crippen LogP contribution in [0.1, 0.15) is 24.8 Å². The Bertz CT molecular complexity index is 514. The molecule has 0 aromatic heterocycles. The van der Waals surface area contributed by atoms with Gasteiger partial charge in [-0.15, -0.1) is 0 Å². The van der Waals surface area contributed by atoms with E-state index in [0.29, 0.717) is 6.54 Å². The first kappa shape index (κ1) is 13.2. The predicted octanol–water partition coefficient (Wildman–Crippen LogP) is 2.05. The van der Waals surface area contributed by atoms with Crippen molar-refractivity contribution in [2.75, 3.05) is 0 Å². The average molecular weight is 273 g/mol. The van der Waals surface area contributed by atoms with E-state index in [0.717, 1.165) is 24.8 Å². The van der Waals surface area contributed by atoms with Gasteiger partial charge in [0.05, 0.1) is 11.8 Å². The van der Waals surface area contributed by atoms with E-state index < -0.39 is 11.9 Å². The minimum absolute atomic E-state index is 0.0894. The van der Waals surface area contributed by atoms with Gasteiger partial charge in [-0.25, -0.2) is 0 Å². The Hall–Kier alpha value is -1.84. The van der Waals surface area contributed by atoms with E-state index in [1.54, 1.807) is 0 Å². The summed E-state index contributed by atoms with van der Waals surface area (Å²) in [5.41, 5.74) is 1.04. The van der Waals surface area contributed by atoms with E-state index in [1.165, 1.54) is 0 Å². The van der Waals surface area contributed by atoms with Crippen LogP contribution in [-0.4, -0.2) is 17.0 Å². The van der Waals surface area contributed by atoms with Gasteiger partial charge < -0.3 is 10.4 Å². The molecule has 2 aliphatic rings. The number of hydrogen-bond donors (Lipinski definition) is 2. The first-order chi connectivity index (χ1) is 9.66. The zero-order valence-electron chi connectivity index (χ0n) is 11.3. The summed E-state index contributed by atoms with van der Waals surface area (Å²) in [7, 11) is 0. The molecule has 0 spiro atoms. The second-order valence-electron chi connectivity index (χ2n) is 5.93. The Morgan fingerprint density at radius 3 is 2.40 bits per heavy atom. The lowest BCUT2D eigenvalue weighted by Crippen LogP contribution is -2.41. The average Bonchev–Trinajstić information content (AvgIpc) is 3.06. The van der Waals surface area contributed by atoms with E-state index in [9.17, 15) is 14.7 Å². The molecule has 2 fully saturated rings. The van der Waals surface area contributed by atoms with Gasteiger partial charge in [0.1, 0.15) is 0 Å². The molecular weight excluding hydrogens is 254 g/mol. The summed E-state index contributed by atoms with van der Waals surface area (Å²) in [5, 5.41) is 12.3. The fourth-order valence-electron chi connectivity index (χ4n) is 3.93. The number of hydrogen-bond acceptors (Lipinski definition) is 2. The molecule has 0 heterocycles. The molecule has 4 atom stereocenters. The molecule has 0 saturated heterocycles. The SMILES string of the molecule is O=C(NCc1ccccc1)[C@@H]1[C@@H]2CC[C@@H](C2)[C@@H]1C(=O)O. The Morgan fingerprint density at radius 2 is 1.75 bits per heavy atom. The molecule has 2 N–H and O–H groups in total. The lowest BCUT2D eigenvalue weighted by molar-refractivity contribution is -0.149. The van der Waals surface area contributed by atoms with Crippen molar-refractivity contribution in [1.82, 2.24) is 5.32 Å². The molecule has 1 amide bonds. The lowest BCUT2D eigenvalue weighted by Gasteiger charge is -2.27. The smallest absolute Gasteiger partial charge is 0.307 e. The van der Waals surface area contributed by atoms with Gasteiger partial charge in [-0.3, -0.25) is 9.59 Å². The third-order valence-electron chi connectivity index (χ3n) is 4.81. The number of carbonyl (C=O) groups excluding carboxylic acids is 1. The van der Waals surface area contributed by atoms with Crippen LogP contribution in [0.25, 0.3) is 0 Å². The van der Waals surface area contributed by atoms with Gasteiger partial charge >= 0.3 is 5.97 Å². The number of carboxylic acids is 1. The number of fused-ring (bicyclic) bond motifs is 2. The van der Waals surface area contributed by atoms with Gasteiger partial charge in [0.25, 0.3) is 0 Å². The van der Waals surface area contributed by atoms with Crippen molar-refractivity contribution in [3.8, 4) is 0 Å². The predicted molar refractivity (Wildman–Crippen MR) is 73.7 cm³/mol. The molecule has 2 aliphatic carbocycles. The molecule has 106 valence electrons. The largest absolute Gasteiger partial charge is 0.481 e. The van der Waals surface area contributed by atoms with Gasteiger partial charge in [-0.05, 0) is 36.7 Å². The summed E-state index contributed by atoms with van der Waals surface area (Å²) in [4.78, 5) is 23.7. The first-order valence-corrected chi connectivity index (χ1v) is 7.21. The fraction of sp³-hybridized carbons (Fsp3) is 0.500. The molecule has 0 unspecified atom stereocenters. The van der Waals surface area contributed by atoms with Crippen LogP contribution in [0.5, 0.6) is 0 Å². The maximum atomic E-state index is 12.3. The molecule has 1 aromatic rings. The van der Waals surface area contributed by atoms with Crippen LogP contribution in [0.15, 0.2) is 30.3 Å². The number of nitrogens with one attached hydrogen (secondary N) is 1. The Morgan fingerprint density at radius 1 is 1.10 bits per heavy atom. The van der Waals surface area contributed by atoms with Crippen molar-refractivity contribution >= 4 is 11.9 Å². The number of carbonyl (C=O) groups is 2. The highest BCUT2D eigenvalue weighted by Crippen LogP contribution is 2.52. The van der Waals surface area contributed by atoms with Crippen molar-refractivity contribution in [2.45, 2.75) is 25.8 Å². The highest BCUT2D eigenvalue weighted by Gasteiger charge is 2.53. The van der Waals surface area contributed by atoms with Gasteiger partial charge in [0.2, 0.25) is 5.91 Å². The summed E-state index contributed by atoms with van der Waals surface area (Å²) in [6.45, 7) is 0.472. The molecule has 0 radical (unpaired) electrons. The standard InChI is InChI=1S/C16H19NO3/c18-15(17-9-10-4-2-1-3-5-10)13-11-6-7-12(8-11)14(13)16(19)20/h1-5,11-14H,6-9H2,(H,17,18)(H,19,20)/t11-,12+,13-,14+/m1/s1. The van der Waals surface area contributed by atoms with Crippen LogP contribution in [0.2, 0.25) is 0 Å². The van der Waals surface area contributed by atoms with Gasteiger partial charge in [0, 0.05) is 6.54 Å². The molecule has 3 rings (SSSR count). The minimum Gasteiger partial charge on any atom is -0.481 e. The van der Waals surface area contributed by atoms with Crippen LogP contribution in [0.3, 0.4) is 0 Å². The first-order valence-electron chi connectivity index (χ1n) is 7.21. The number of carboxylic acid groups (broad SMARTS) is 1. The molecule has 0 aliphatic heterocycles. The van der Waals surface area contributed by atoms with Gasteiger partial charge in [0.15, 0.2) is 0 Å². The Balaban J connectivity index is 1.66. The molecule has 20 heavy (non-hydrogen) atoms. The van der Waals surface area contributed by atoms with Gasteiger partial charge in [-0.2, -0.15) is 0 Å². The monoisotopic (exact) mass is 273 g/mol. The number of aliphatic carboxylic acids is 1. The fourth-order valence-corrected chi connectivity index (χ4v) is 3.93. The second kappa shape index (κ2) is 5.27. The maximum absolute atomic E-state index is 12.3. The topological polar surface area (TPSA) is 66.4 Å². The van der Waals surface area contributed by atoms with Crippen LogP contribution in [0, 0.1) is 23.7 Å². The van der Waals surface area contributed by atoms with Crippen LogP contribution in [0.4, 0.5) is 0 Å². The maximum Gasteiger partial charge on any atom is 0.307 e. The number of amides is 1. The van der Waals surface area contributed by atoms with Crippen molar-refractivity contribution in [2.24, 2.45) is 23.7 Å². The van der Waals surface area contributed by atoms with E-state index in [-0.39, 0.29) is 23.7 Å². The van der Waals surface area contributed by atoms with Crippen LogP contribution >= 0.6 is 0 Å². The molecule has 1 aromatic carbocycles. The lowest BCUT2D eigenvalue weighted by atomic mass is 9.78. The van der Waals surface area contributed by atoms with Crippen LogP contribution in [-0.2, 0) is 16.1 Å². The van der Waals surface area contributed by atoms with Crippen LogP contribution < -0.4 is 5.32 Å².